The third-order valence-corrected chi connectivity index (χ3v) is 4.88. The van der Waals surface area contributed by atoms with Crippen molar-refractivity contribution in [2.45, 2.75) is 24.8 Å². The molecule has 8 heteroatoms. The highest BCUT2D eigenvalue weighted by molar-refractivity contribution is 7.98. The van der Waals surface area contributed by atoms with Gasteiger partial charge in [-0.05, 0) is 43.7 Å². The summed E-state index contributed by atoms with van der Waals surface area (Å²) in [5, 5.41) is 11.2. The number of nitrogen functional groups attached to an aromatic ring is 1. The Morgan fingerprint density at radius 2 is 1.93 bits per heavy atom. The summed E-state index contributed by atoms with van der Waals surface area (Å²) < 4.78 is 0.986. The van der Waals surface area contributed by atoms with Crippen LogP contribution >= 0.6 is 11.8 Å². The van der Waals surface area contributed by atoms with Crippen LogP contribution in [0.25, 0.3) is 0 Å². The molecule has 0 saturated heterocycles. The van der Waals surface area contributed by atoms with Gasteiger partial charge in [-0.25, -0.2) is 0 Å². The van der Waals surface area contributed by atoms with E-state index in [1.165, 1.54) is 24.2 Å². The van der Waals surface area contributed by atoms with Crippen LogP contribution in [0.4, 0.5) is 11.5 Å². The average molecular weight is 381 g/mol. The zero-order valence-corrected chi connectivity index (χ0v) is 15.8. The number of ketones is 1. The maximum Gasteiger partial charge on any atom is 0.315 e. The molecule has 3 rings (SSSR count). The van der Waals surface area contributed by atoms with Crippen molar-refractivity contribution < 1.29 is 4.79 Å². The molecule has 0 fully saturated rings. The monoisotopic (exact) mass is 381 g/mol. The van der Waals surface area contributed by atoms with E-state index in [0.717, 1.165) is 10.2 Å². The Morgan fingerprint density at radius 3 is 2.59 bits per heavy atom. The van der Waals surface area contributed by atoms with Crippen molar-refractivity contribution in [2.75, 3.05) is 11.2 Å². The van der Waals surface area contributed by atoms with Crippen LogP contribution in [0.1, 0.15) is 28.4 Å². The molecule has 0 bridgehead atoms. The molecule has 0 spiro atoms. The lowest BCUT2D eigenvalue weighted by molar-refractivity contribution is 0.101. The van der Waals surface area contributed by atoms with E-state index >= 15 is 0 Å². The average Bonchev–Trinajstić information content (AvgIpc) is 2.65. The fourth-order valence-electron chi connectivity index (χ4n) is 2.44. The first-order valence-electron chi connectivity index (χ1n) is 8.25. The predicted molar refractivity (Wildman–Crippen MR) is 107 cm³/mol. The number of benzene rings is 2. The number of Topliss-reactive ketones (excluding diaryl/α,β-unsaturated/α-hetero) is 1. The molecule has 0 aliphatic carbocycles. The molecule has 0 radical (unpaired) electrons. The smallest absolute Gasteiger partial charge is 0.315 e. The maximum atomic E-state index is 12.4. The van der Waals surface area contributed by atoms with Crippen molar-refractivity contribution in [3.05, 3.63) is 75.6 Å². The first-order valence-corrected chi connectivity index (χ1v) is 9.24. The number of carbonyl (C=O) groups is 1. The molecule has 0 atom stereocenters. The number of carbonyl (C=O) groups excluding carboxylic acids is 1. The van der Waals surface area contributed by atoms with Gasteiger partial charge in [-0.1, -0.05) is 41.6 Å². The standard InChI is InChI=1S/C19H19N5O2S/c1-12-4-3-5-14(10-12)11-27-19-23-22-17(18(26)24(19)20)21-16-8-6-15(7-9-16)13(2)25/h3-10H,11,20H2,1-2H3,(H,21,22). The van der Waals surface area contributed by atoms with Gasteiger partial charge in [-0.15, -0.1) is 10.2 Å². The van der Waals surface area contributed by atoms with Crippen LogP contribution in [0.3, 0.4) is 0 Å². The summed E-state index contributed by atoms with van der Waals surface area (Å²) in [6.07, 6.45) is 0. The first kappa shape index (κ1) is 18.7. The number of anilines is 2. The summed E-state index contributed by atoms with van der Waals surface area (Å²) in [6, 6.07) is 14.8. The van der Waals surface area contributed by atoms with Crippen LogP contribution < -0.4 is 16.7 Å². The summed E-state index contributed by atoms with van der Waals surface area (Å²) in [7, 11) is 0. The molecule has 3 aromatic rings. The Morgan fingerprint density at radius 1 is 1.19 bits per heavy atom. The highest BCUT2D eigenvalue weighted by atomic mass is 32.2. The number of hydrogen-bond acceptors (Lipinski definition) is 7. The highest BCUT2D eigenvalue weighted by Crippen LogP contribution is 2.20. The van der Waals surface area contributed by atoms with Crippen molar-refractivity contribution in [3.8, 4) is 0 Å². The highest BCUT2D eigenvalue weighted by Gasteiger charge is 2.11. The van der Waals surface area contributed by atoms with Crippen LogP contribution in [-0.2, 0) is 5.75 Å². The van der Waals surface area contributed by atoms with E-state index in [1.54, 1.807) is 24.3 Å². The van der Waals surface area contributed by atoms with Gasteiger partial charge in [-0.2, -0.15) is 4.68 Å². The number of nitrogens with one attached hydrogen (secondary N) is 1. The maximum absolute atomic E-state index is 12.4. The van der Waals surface area contributed by atoms with Crippen LogP contribution in [-0.4, -0.2) is 20.7 Å². The number of thioether (sulfide) groups is 1. The Hall–Kier alpha value is -3.13. The largest absolute Gasteiger partial charge is 0.334 e. The van der Waals surface area contributed by atoms with Gasteiger partial charge in [0.25, 0.3) is 0 Å². The van der Waals surface area contributed by atoms with Crippen LogP contribution in [0.5, 0.6) is 0 Å². The minimum atomic E-state index is -0.479. The van der Waals surface area contributed by atoms with Crippen molar-refractivity contribution >= 4 is 29.1 Å². The van der Waals surface area contributed by atoms with E-state index in [-0.39, 0.29) is 11.6 Å². The summed E-state index contributed by atoms with van der Waals surface area (Å²) >= 11 is 1.34. The summed E-state index contributed by atoms with van der Waals surface area (Å²) in [5.74, 6) is 6.52. The molecule has 0 aliphatic rings. The van der Waals surface area contributed by atoms with Gasteiger partial charge in [0.1, 0.15) is 0 Å². The number of nitrogens with two attached hydrogens (primary N) is 1. The lowest BCUT2D eigenvalue weighted by Gasteiger charge is -2.09. The van der Waals surface area contributed by atoms with Gasteiger partial charge in [0, 0.05) is 17.0 Å². The number of rotatable bonds is 6. The fraction of sp³-hybridized carbons (Fsp3) is 0.158. The molecule has 2 aromatic carbocycles. The van der Waals surface area contributed by atoms with E-state index in [1.807, 2.05) is 25.1 Å². The summed E-state index contributed by atoms with van der Waals surface area (Å²) in [6.45, 7) is 3.52. The predicted octanol–water partition coefficient (Wildman–Crippen LogP) is 2.90. The molecule has 1 aromatic heterocycles. The second kappa shape index (κ2) is 8.05. The third-order valence-electron chi connectivity index (χ3n) is 3.87. The number of aromatic nitrogens is 3. The number of nitrogens with zero attached hydrogens (tertiary/aromatic N) is 3. The van der Waals surface area contributed by atoms with Gasteiger partial charge in [0.15, 0.2) is 5.78 Å². The molecule has 1 heterocycles. The van der Waals surface area contributed by atoms with E-state index in [2.05, 4.69) is 21.6 Å². The van der Waals surface area contributed by atoms with Crippen molar-refractivity contribution in [1.29, 1.82) is 0 Å². The second-order valence-electron chi connectivity index (χ2n) is 6.04. The van der Waals surface area contributed by atoms with Crippen LogP contribution in [0.2, 0.25) is 0 Å². The quantitative estimate of drug-likeness (QED) is 0.384. The zero-order valence-electron chi connectivity index (χ0n) is 15.0. The second-order valence-corrected chi connectivity index (χ2v) is 6.99. The Balaban J connectivity index is 1.74. The SMILES string of the molecule is CC(=O)c1ccc(Nc2nnc(SCc3cccc(C)c3)n(N)c2=O)cc1. The Bertz CT molecular complexity index is 1030. The molecular formula is C19H19N5O2S. The van der Waals surface area contributed by atoms with Gasteiger partial charge in [0.2, 0.25) is 11.0 Å². The Labute approximate surface area is 160 Å². The van der Waals surface area contributed by atoms with Gasteiger partial charge in [0.05, 0.1) is 0 Å². The molecule has 3 N–H and O–H groups in total. The van der Waals surface area contributed by atoms with Crippen molar-refractivity contribution in [3.63, 3.8) is 0 Å². The summed E-state index contributed by atoms with van der Waals surface area (Å²) in [5.41, 5.74) is 3.01. The molecule has 0 aliphatic heterocycles. The van der Waals surface area contributed by atoms with Gasteiger partial charge in [-0.3, -0.25) is 9.59 Å². The van der Waals surface area contributed by atoms with Crippen LogP contribution in [0, 0.1) is 6.92 Å². The van der Waals surface area contributed by atoms with E-state index in [9.17, 15) is 9.59 Å². The molecule has 138 valence electrons. The molecule has 27 heavy (non-hydrogen) atoms. The Kier molecular flexibility index (Phi) is 5.56. The lowest BCUT2D eigenvalue weighted by atomic mass is 10.1. The normalized spacial score (nSPS) is 10.6. The summed E-state index contributed by atoms with van der Waals surface area (Å²) in [4.78, 5) is 23.8. The van der Waals surface area contributed by atoms with Crippen LogP contribution in [0.15, 0.2) is 58.5 Å². The fourth-order valence-corrected chi connectivity index (χ4v) is 3.23. The number of hydrogen-bond donors (Lipinski definition) is 2. The topological polar surface area (TPSA) is 103 Å². The van der Waals surface area contributed by atoms with Gasteiger partial charge < -0.3 is 11.2 Å². The third kappa shape index (κ3) is 4.53. The van der Waals surface area contributed by atoms with Crippen molar-refractivity contribution in [2.24, 2.45) is 0 Å². The molecule has 0 amide bonds. The minimum absolute atomic E-state index is 0.0213. The van der Waals surface area contributed by atoms with E-state index in [0.29, 0.717) is 22.2 Å². The van der Waals surface area contributed by atoms with Crippen molar-refractivity contribution in [1.82, 2.24) is 14.9 Å². The van der Waals surface area contributed by atoms with Gasteiger partial charge >= 0.3 is 5.56 Å². The molecular weight excluding hydrogens is 362 g/mol. The zero-order chi connectivity index (χ0) is 19.4. The minimum Gasteiger partial charge on any atom is -0.334 e. The molecule has 0 saturated carbocycles. The molecule has 7 nitrogen and oxygen atoms in total. The molecule has 0 unspecified atom stereocenters. The van der Waals surface area contributed by atoms with E-state index in [4.69, 9.17) is 5.84 Å². The number of aryl methyl sites for hydroxylation is 1. The first-order chi connectivity index (χ1) is 12.9. The lowest BCUT2D eigenvalue weighted by Crippen LogP contribution is -2.32. The van der Waals surface area contributed by atoms with E-state index < -0.39 is 5.56 Å².